The molecule has 4 aromatic carbocycles. The predicted octanol–water partition coefficient (Wildman–Crippen LogP) is 4.28. The highest BCUT2D eigenvalue weighted by atomic mass is 35.5. The number of carbonyl (C=O) groups is 2. The smallest absolute Gasteiger partial charge is 0.423 e. The molecule has 0 aliphatic heterocycles. The molecule has 0 unspecified atom stereocenters. The maximum Gasteiger partial charge on any atom is 0.488 e. The third-order valence-electron chi connectivity index (χ3n) is 8.13. The fourth-order valence-corrected chi connectivity index (χ4v) is 5.74. The summed E-state index contributed by atoms with van der Waals surface area (Å²) in [7, 11) is -1.46. The van der Waals surface area contributed by atoms with Gasteiger partial charge in [-0.15, -0.1) is 0 Å². The van der Waals surface area contributed by atoms with Crippen molar-refractivity contribution in [2.24, 2.45) is 0 Å². The normalized spacial score (nSPS) is 10.8. The van der Waals surface area contributed by atoms with Gasteiger partial charge in [0.25, 0.3) is 0 Å². The van der Waals surface area contributed by atoms with Crippen molar-refractivity contribution in [3.63, 3.8) is 0 Å². The number of aromatic nitrogens is 6. The van der Waals surface area contributed by atoms with Gasteiger partial charge < -0.3 is 10.0 Å². The zero-order chi connectivity index (χ0) is 35.5. The molecule has 248 valence electrons. The second-order valence-corrected chi connectivity index (χ2v) is 11.8. The Hall–Kier alpha value is -6.15. The van der Waals surface area contributed by atoms with Gasteiger partial charge in [-0.1, -0.05) is 66.2 Å². The van der Waals surface area contributed by atoms with Gasteiger partial charge in [0.15, 0.2) is 11.3 Å². The van der Waals surface area contributed by atoms with Crippen LogP contribution in [0.25, 0.3) is 44.2 Å². The number of aldehydes is 2. The summed E-state index contributed by atoms with van der Waals surface area (Å²) < 4.78 is 3.11. The minimum atomic E-state index is -1.46. The lowest BCUT2D eigenvalue weighted by atomic mass is 9.80. The summed E-state index contributed by atoms with van der Waals surface area (Å²) in [6.45, 7) is 3.97. The predicted molar refractivity (Wildman–Crippen MR) is 194 cm³/mol. The fraction of sp³-hybridized carbons (Fsp3) is 0.0556. The topological polar surface area (TPSA) is 175 Å². The summed E-state index contributed by atoms with van der Waals surface area (Å²) in [6, 6.07) is 28.6. The average Bonchev–Trinajstić information content (AvgIpc) is 3.69. The molecule has 4 heterocycles. The van der Waals surface area contributed by atoms with E-state index in [1.807, 2.05) is 62.4 Å². The number of halogens is 1. The number of hydrogen-bond acceptors (Lipinski definition) is 8. The third-order valence-corrected chi connectivity index (χ3v) is 8.36. The molecule has 0 atom stereocenters. The molecule has 0 bridgehead atoms. The fourth-order valence-electron chi connectivity index (χ4n) is 5.57. The van der Waals surface area contributed by atoms with Gasteiger partial charge in [0.05, 0.1) is 11.0 Å². The van der Waals surface area contributed by atoms with Gasteiger partial charge in [0, 0.05) is 26.9 Å². The van der Waals surface area contributed by atoms with E-state index in [0.717, 1.165) is 50.3 Å². The van der Waals surface area contributed by atoms with Gasteiger partial charge >= 0.3 is 18.5 Å². The van der Waals surface area contributed by atoms with Gasteiger partial charge in [-0.25, -0.2) is 28.6 Å². The van der Waals surface area contributed by atoms with Gasteiger partial charge in [-0.3, -0.25) is 9.59 Å². The van der Waals surface area contributed by atoms with E-state index in [2.05, 4.69) is 26.5 Å². The number of aromatic amines is 2. The quantitative estimate of drug-likeness (QED) is 0.157. The van der Waals surface area contributed by atoms with Crippen LogP contribution in [0.1, 0.15) is 31.8 Å². The Balaban J connectivity index is 0.000000139. The molecule has 0 spiro atoms. The van der Waals surface area contributed by atoms with Gasteiger partial charge in [-0.2, -0.15) is 10.2 Å². The first-order valence-corrected chi connectivity index (χ1v) is 15.6. The Bertz CT molecular complexity index is 2640. The Morgan fingerprint density at radius 2 is 1.10 bits per heavy atom. The summed E-state index contributed by atoms with van der Waals surface area (Å²) in [5.41, 5.74) is 8.12. The summed E-state index contributed by atoms with van der Waals surface area (Å²) in [5, 5.41) is 32.8. The molecule has 0 saturated carbocycles. The van der Waals surface area contributed by atoms with Crippen molar-refractivity contribution >= 4 is 69.9 Å². The highest BCUT2D eigenvalue weighted by molar-refractivity contribution is 6.58. The molecule has 4 aromatic heterocycles. The molecule has 0 radical (unpaired) electrons. The number of carbonyl (C=O) groups excluding carboxylic acids is 2. The Labute approximate surface area is 288 Å². The lowest BCUT2D eigenvalue weighted by molar-refractivity contribution is 0.111. The molecule has 0 aliphatic rings. The number of aryl methyl sites for hydroxylation is 2. The van der Waals surface area contributed by atoms with E-state index in [4.69, 9.17) is 21.6 Å². The van der Waals surface area contributed by atoms with Crippen LogP contribution in [0.15, 0.2) is 107 Å². The zero-order valence-corrected chi connectivity index (χ0v) is 27.4. The number of H-pyrrole nitrogens is 2. The van der Waals surface area contributed by atoms with Crippen molar-refractivity contribution in [1.29, 1.82) is 0 Å². The summed E-state index contributed by atoms with van der Waals surface area (Å²) in [6.07, 6.45) is 1.53. The third kappa shape index (κ3) is 6.73. The molecular weight excluding hydrogens is 659 g/mol. The van der Waals surface area contributed by atoms with Crippen LogP contribution in [0, 0.1) is 13.8 Å². The minimum absolute atomic E-state index is 0.234. The van der Waals surface area contributed by atoms with Crippen LogP contribution in [-0.2, 0) is 0 Å². The minimum Gasteiger partial charge on any atom is -0.423 e. The molecule has 14 heteroatoms. The molecule has 0 saturated heterocycles. The van der Waals surface area contributed by atoms with Crippen LogP contribution in [0.3, 0.4) is 0 Å². The van der Waals surface area contributed by atoms with Gasteiger partial charge in [0.2, 0.25) is 0 Å². The van der Waals surface area contributed by atoms with Crippen LogP contribution in [0.4, 0.5) is 0 Å². The summed E-state index contributed by atoms with van der Waals surface area (Å²) in [4.78, 5) is 44.5. The maximum atomic E-state index is 11.9. The standard InChI is InChI=1S/C18H13N3O2.C11H8ClN3O.C7H7BO3/c1-11-8-17-19-20-18(23)21(17)16-7-6-14(9-15(11)16)13-4-2-12(10-22)3-5-13;1-6-4-10-13-14-11(16)15(10)9-3-2-7(12)5-8(6)9;9-5-6-1-3-7(4-2-6)8(10)11/h2-10H,1H3,(H,20,23);2-5H,1H3,(H,14,16);1-5,10-11H. The SMILES string of the molecule is Cc1cc2n[nH]c(=O)n2c2ccc(-c3ccc(C=O)cc3)cc12.Cc1cc2n[nH]c(=O)n2c2ccc(Cl)cc12.O=Cc1ccc(B(O)O)cc1. The van der Waals surface area contributed by atoms with Crippen LogP contribution in [0.2, 0.25) is 5.02 Å². The van der Waals surface area contributed by atoms with Crippen molar-refractivity contribution < 1.29 is 19.6 Å². The molecule has 0 fully saturated rings. The molecule has 8 aromatic rings. The molecule has 4 N–H and O–H groups in total. The van der Waals surface area contributed by atoms with Crippen molar-refractivity contribution in [1.82, 2.24) is 29.2 Å². The summed E-state index contributed by atoms with van der Waals surface area (Å²) >= 11 is 5.94. The average molecular weight is 687 g/mol. The molecule has 0 amide bonds. The number of nitrogens with zero attached hydrogens (tertiary/aromatic N) is 4. The van der Waals surface area contributed by atoms with E-state index < -0.39 is 7.12 Å². The van der Waals surface area contributed by atoms with Gasteiger partial charge in [-0.05, 0) is 84.0 Å². The highest BCUT2D eigenvalue weighted by Crippen LogP contribution is 2.27. The number of hydrogen-bond donors (Lipinski definition) is 4. The van der Waals surface area contributed by atoms with Crippen LogP contribution in [-0.4, -0.2) is 58.9 Å². The molecule has 8 rings (SSSR count). The zero-order valence-electron chi connectivity index (χ0n) is 26.7. The first-order chi connectivity index (χ1) is 24.1. The lowest BCUT2D eigenvalue weighted by Gasteiger charge is -2.08. The Morgan fingerprint density at radius 3 is 1.60 bits per heavy atom. The monoisotopic (exact) mass is 686 g/mol. The van der Waals surface area contributed by atoms with Crippen molar-refractivity contribution in [3.8, 4) is 11.1 Å². The van der Waals surface area contributed by atoms with E-state index >= 15 is 0 Å². The number of benzene rings is 4. The molecule has 12 nitrogen and oxygen atoms in total. The first-order valence-electron chi connectivity index (χ1n) is 15.2. The number of pyridine rings is 2. The van der Waals surface area contributed by atoms with E-state index in [0.29, 0.717) is 39.2 Å². The summed E-state index contributed by atoms with van der Waals surface area (Å²) in [5.74, 6) is 0. The van der Waals surface area contributed by atoms with Crippen LogP contribution >= 0.6 is 11.6 Å². The highest BCUT2D eigenvalue weighted by Gasteiger charge is 2.11. The van der Waals surface area contributed by atoms with E-state index in [1.54, 1.807) is 27.0 Å². The maximum absolute atomic E-state index is 11.9. The van der Waals surface area contributed by atoms with Crippen LogP contribution < -0.4 is 16.8 Å². The number of rotatable bonds is 4. The van der Waals surface area contributed by atoms with Gasteiger partial charge in [0.1, 0.15) is 12.6 Å². The molecule has 50 heavy (non-hydrogen) atoms. The van der Waals surface area contributed by atoms with Crippen LogP contribution in [0.5, 0.6) is 0 Å². The van der Waals surface area contributed by atoms with E-state index in [-0.39, 0.29) is 11.4 Å². The second-order valence-electron chi connectivity index (χ2n) is 11.4. The van der Waals surface area contributed by atoms with E-state index in [1.165, 1.54) is 24.3 Å². The van der Waals surface area contributed by atoms with Crippen molar-refractivity contribution in [2.75, 3.05) is 0 Å². The molecule has 0 aliphatic carbocycles. The Kier molecular flexibility index (Phi) is 9.55. The lowest BCUT2D eigenvalue weighted by Crippen LogP contribution is -2.29. The number of nitrogens with one attached hydrogen (secondary N) is 2. The second kappa shape index (κ2) is 14.1. The Morgan fingerprint density at radius 1 is 0.640 bits per heavy atom. The first kappa shape index (κ1) is 33.7. The van der Waals surface area contributed by atoms with E-state index in [9.17, 15) is 19.2 Å². The molecular formula is C36H28BClN6O6. The van der Waals surface area contributed by atoms with Crippen molar-refractivity contribution in [2.45, 2.75) is 13.8 Å². The number of fused-ring (bicyclic) bond motifs is 6. The largest absolute Gasteiger partial charge is 0.488 e. The van der Waals surface area contributed by atoms with Crippen molar-refractivity contribution in [3.05, 3.63) is 145 Å².